The summed E-state index contributed by atoms with van der Waals surface area (Å²) in [6.07, 6.45) is 4.36. The number of alkyl halides is 2. The fourth-order valence-electron chi connectivity index (χ4n) is 5.77. The van der Waals surface area contributed by atoms with Crippen LogP contribution in [0.15, 0.2) is 48.5 Å². The largest absolute Gasteiger partial charge is 0.480 e. The third kappa shape index (κ3) is 5.37. The van der Waals surface area contributed by atoms with Gasteiger partial charge in [0, 0.05) is 41.8 Å². The number of halogens is 5. The maximum atomic E-state index is 15.8. The highest BCUT2D eigenvalue weighted by Gasteiger charge is 2.44. The summed E-state index contributed by atoms with van der Waals surface area (Å²) in [4.78, 5) is 12.3. The van der Waals surface area contributed by atoms with Crippen LogP contribution in [0.5, 0.6) is 11.5 Å². The van der Waals surface area contributed by atoms with Crippen LogP contribution in [0.4, 0.5) is 17.6 Å². The van der Waals surface area contributed by atoms with Gasteiger partial charge in [0.2, 0.25) is 5.91 Å². The molecule has 3 aromatic carbocycles. The molecule has 0 saturated heterocycles. The smallest absolute Gasteiger partial charge is 0.387 e. The third-order valence-corrected chi connectivity index (χ3v) is 8.25. The Morgan fingerprint density at radius 2 is 1.82 bits per heavy atom. The van der Waals surface area contributed by atoms with E-state index in [9.17, 15) is 13.6 Å². The maximum absolute atomic E-state index is 15.8. The number of benzene rings is 3. The van der Waals surface area contributed by atoms with Crippen molar-refractivity contribution in [1.29, 1.82) is 0 Å². The summed E-state index contributed by atoms with van der Waals surface area (Å²) >= 11 is 6.42. The van der Waals surface area contributed by atoms with Gasteiger partial charge < -0.3 is 20.5 Å². The Bertz CT molecular complexity index is 1410. The first-order valence-electron chi connectivity index (χ1n) is 13.2. The summed E-state index contributed by atoms with van der Waals surface area (Å²) in [5.41, 5.74) is 4.56. The topological polar surface area (TPSA) is 73.6 Å². The van der Waals surface area contributed by atoms with E-state index in [1.807, 2.05) is 30.3 Å². The summed E-state index contributed by atoms with van der Waals surface area (Å²) in [6.45, 7) is -0.735. The number of amides is 1. The lowest BCUT2D eigenvalue weighted by atomic mass is 9.84. The number of rotatable bonds is 8. The number of fused-ring (bicyclic) bond motifs is 1. The Hall–Kier alpha value is -3.30. The van der Waals surface area contributed by atoms with Gasteiger partial charge in [0.05, 0.1) is 10.6 Å². The number of nitrogens with two attached hydrogens (primary N) is 1. The van der Waals surface area contributed by atoms with Gasteiger partial charge in [-0.05, 0) is 49.3 Å². The highest BCUT2D eigenvalue weighted by Crippen LogP contribution is 2.50. The minimum Gasteiger partial charge on any atom is -0.480 e. The van der Waals surface area contributed by atoms with Crippen molar-refractivity contribution in [3.63, 3.8) is 0 Å². The number of hydrogen-bond acceptors (Lipinski definition) is 4. The molecular formula is C30H29ClF4N2O3. The summed E-state index contributed by atoms with van der Waals surface area (Å²) in [5, 5.41) is 3.13. The van der Waals surface area contributed by atoms with Gasteiger partial charge >= 0.3 is 6.61 Å². The number of nitrogens with one attached hydrogen (secondary N) is 1. The van der Waals surface area contributed by atoms with Crippen molar-refractivity contribution in [3.05, 3.63) is 81.9 Å². The molecule has 3 N–H and O–H groups in total. The van der Waals surface area contributed by atoms with Crippen molar-refractivity contribution < 1.29 is 31.8 Å². The van der Waals surface area contributed by atoms with E-state index >= 15 is 8.78 Å². The van der Waals surface area contributed by atoms with Crippen molar-refractivity contribution in [3.8, 4) is 22.6 Å². The lowest BCUT2D eigenvalue weighted by Crippen LogP contribution is -2.46. The summed E-state index contributed by atoms with van der Waals surface area (Å²) in [6, 6.07) is 12.7. The molecule has 1 aliphatic heterocycles. The Balaban J connectivity index is 1.63. The van der Waals surface area contributed by atoms with E-state index < -0.39 is 46.1 Å². The predicted octanol–water partition coefficient (Wildman–Crippen LogP) is 6.98. The number of carbonyl (C=O) groups excluding carboxylic acids is 1. The van der Waals surface area contributed by atoms with Crippen LogP contribution >= 0.6 is 11.6 Å². The van der Waals surface area contributed by atoms with Crippen LogP contribution in [0.1, 0.15) is 54.1 Å². The van der Waals surface area contributed by atoms with E-state index in [1.165, 1.54) is 0 Å². The Morgan fingerprint density at radius 1 is 1.12 bits per heavy atom. The minimum absolute atomic E-state index is 0.106. The van der Waals surface area contributed by atoms with Crippen LogP contribution in [-0.2, 0) is 12.0 Å². The molecule has 5 rings (SSSR count). The van der Waals surface area contributed by atoms with E-state index in [-0.39, 0.29) is 29.3 Å². The predicted molar refractivity (Wildman–Crippen MR) is 144 cm³/mol. The molecule has 1 amide bonds. The van der Waals surface area contributed by atoms with Crippen LogP contribution in [-0.4, -0.2) is 25.1 Å². The first-order valence-corrected chi connectivity index (χ1v) is 13.5. The first-order chi connectivity index (χ1) is 19.1. The molecule has 1 heterocycles. The van der Waals surface area contributed by atoms with Gasteiger partial charge in [-0.2, -0.15) is 8.78 Å². The fourth-order valence-corrected chi connectivity index (χ4v) is 6.03. The molecule has 40 heavy (non-hydrogen) atoms. The SMILES string of the molecule is CC1CCC(NC[C@@]2(c3ccccc3)Cc3c(cc(F)c(Cl)c3-c3c(C(N)=O)ccc(OC(F)F)c3F)O2)CC1. The summed E-state index contributed by atoms with van der Waals surface area (Å²) in [7, 11) is 0. The number of hydrogen-bond donors (Lipinski definition) is 2. The highest BCUT2D eigenvalue weighted by atomic mass is 35.5. The standard InChI is InChI=1S/C30H29ClF4N2O3/c1-16-7-9-18(10-8-16)37-15-30(17-5-3-2-4-6-17)14-20-23(40-30)13-21(32)26(31)24(20)25-19(28(36)38)11-12-22(27(25)33)39-29(34)35/h2-6,11-13,16,18,29,37H,7-10,14-15H2,1H3,(H2,36,38)/t16?,18?,30-/m1/s1. The van der Waals surface area contributed by atoms with Crippen LogP contribution < -0.4 is 20.5 Å². The van der Waals surface area contributed by atoms with Crippen molar-refractivity contribution in [2.45, 2.75) is 57.3 Å². The number of primary amides is 1. The average molecular weight is 577 g/mol. The summed E-state index contributed by atoms with van der Waals surface area (Å²) < 4.78 is 67.8. The zero-order chi connectivity index (χ0) is 28.6. The average Bonchev–Trinajstić information content (AvgIpc) is 3.30. The molecular weight excluding hydrogens is 548 g/mol. The van der Waals surface area contributed by atoms with Gasteiger partial charge in [0.25, 0.3) is 0 Å². The summed E-state index contributed by atoms with van der Waals surface area (Å²) in [5.74, 6) is -3.34. The molecule has 1 atom stereocenters. The van der Waals surface area contributed by atoms with E-state index in [1.54, 1.807) is 0 Å². The second-order valence-corrected chi connectivity index (χ2v) is 10.9. The number of ether oxygens (including phenoxy) is 2. The molecule has 10 heteroatoms. The molecule has 0 spiro atoms. The quantitative estimate of drug-likeness (QED) is 0.284. The molecule has 1 aliphatic carbocycles. The fraction of sp³-hybridized carbons (Fsp3) is 0.367. The monoisotopic (exact) mass is 576 g/mol. The molecule has 212 valence electrons. The first kappa shape index (κ1) is 28.2. The van der Waals surface area contributed by atoms with Gasteiger partial charge in [-0.1, -0.05) is 48.9 Å². The molecule has 3 aromatic rings. The maximum Gasteiger partial charge on any atom is 0.387 e. The molecule has 2 aliphatic rings. The normalized spacial score (nSPS) is 22.2. The van der Waals surface area contributed by atoms with E-state index in [4.69, 9.17) is 22.1 Å². The molecule has 0 bridgehead atoms. The Labute approximate surface area is 234 Å². The van der Waals surface area contributed by atoms with Crippen molar-refractivity contribution in [2.24, 2.45) is 11.7 Å². The molecule has 0 radical (unpaired) electrons. The minimum atomic E-state index is -3.33. The molecule has 0 aromatic heterocycles. The van der Waals surface area contributed by atoms with Crippen LogP contribution in [0, 0.1) is 17.6 Å². The van der Waals surface area contributed by atoms with Crippen molar-refractivity contribution in [1.82, 2.24) is 5.32 Å². The molecule has 1 fully saturated rings. The molecule has 0 unspecified atom stereocenters. The second kappa shape index (κ2) is 11.3. The molecule has 1 saturated carbocycles. The Morgan fingerprint density at radius 3 is 2.48 bits per heavy atom. The second-order valence-electron chi connectivity index (χ2n) is 10.5. The lowest BCUT2D eigenvalue weighted by Gasteiger charge is -2.34. The van der Waals surface area contributed by atoms with Crippen LogP contribution in [0.3, 0.4) is 0 Å². The zero-order valence-electron chi connectivity index (χ0n) is 21.8. The van der Waals surface area contributed by atoms with E-state index in [2.05, 4.69) is 17.0 Å². The highest BCUT2D eigenvalue weighted by molar-refractivity contribution is 6.34. The van der Waals surface area contributed by atoms with Crippen molar-refractivity contribution >= 4 is 17.5 Å². The van der Waals surface area contributed by atoms with E-state index in [0.717, 1.165) is 49.4 Å². The van der Waals surface area contributed by atoms with Gasteiger partial charge in [-0.3, -0.25) is 4.79 Å². The number of carbonyl (C=O) groups is 1. The van der Waals surface area contributed by atoms with Gasteiger partial charge in [0.1, 0.15) is 11.6 Å². The Kier molecular flexibility index (Phi) is 7.97. The van der Waals surface area contributed by atoms with Gasteiger partial charge in [-0.25, -0.2) is 8.78 Å². The van der Waals surface area contributed by atoms with Crippen LogP contribution in [0.2, 0.25) is 5.02 Å². The molecule has 5 nitrogen and oxygen atoms in total. The van der Waals surface area contributed by atoms with Gasteiger partial charge in [-0.15, -0.1) is 0 Å². The third-order valence-electron chi connectivity index (χ3n) is 7.88. The van der Waals surface area contributed by atoms with Crippen molar-refractivity contribution in [2.75, 3.05) is 6.54 Å². The van der Waals surface area contributed by atoms with E-state index in [0.29, 0.717) is 18.0 Å². The zero-order valence-corrected chi connectivity index (χ0v) is 22.5. The van der Waals surface area contributed by atoms with Crippen LogP contribution in [0.25, 0.3) is 11.1 Å². The lowest BCUT2D eigenvalue weighted by molar-refractivity contribution is -0.0521. The van der Waals surface area contributed by atoms with Gasteiger partial charge in [0.15, 0.2) is 17.2 Å².